The number of carboxylic acid groups (broad SMARTS) is 3. The number of amides is 1. The molecule has 0 aliphatic carbocycles. The van der Waals surface area contributed by atoms with Gasteiger partial charge in [-0.3, -0.25) is 4.79 Å². The molecule has 3 heterocycles. The van der Waals surface area contributed by atoms with Crippen LogP contribution in [0.25, 0.3) is 27.9 Å². The number of aromatic nitrogens is 1. The van der Waals surface area contributed by atoms with Gasteiger partial charge in [0, 0.05) is 18.5 Å². The Morgan fingerprint density at radius 3 is 2.22 bits per heavy atom. The summed E-state index contributed by atoms with van der Waals surface area (Å²) < 4.78 is 26.9. The number of para-hydroxylation sites is 2. The second-order valence-corrected chi connectivity index (χ2v) is 12.4. The zero-order valence-electron chi connectivity index (χ0n) is 30.5. The van der Waals surface area contributed by atoms with Crippen LogP contribution in [0.15, 0.2) is 95.4 Å². The Kier molecular flexibility index (Phi) is 15.2. The predicted molar refractivity (Wildman–Crippen MR) is 174 cm³/mol. The van der Waals surface area contributed by atoms with Crippen molar-refractivity contribution in [3.63, 3.8) is 0 Å². The Bertz CT molecular complexity index is 2200. The second kappa shape index (κ2) is 18.8. The molecule has 5 aromatic rings. The molecule has 1 saturated heterocycles. The van der Waals surface area contributed by atoms with Crippen molar-refractivity contribution in [3.05, 3.63) is 108 Å². The number of carbonyl (C=O) groups excluding carboxylic acids is 4. The van der Waals surface area contributed by atoms with Crippen LogP contribution in [0.5, 0.6) is 11.5 Å². The minimum Gasteiger partial charge on any atom is -0.547 e. The monoisotopic (exact) mass is 774 g/mol. The second-order valence-electron chi connectivity index (χ2n) is 12.4. The Labute approximate surface area is 380 Å². The van der Waals surface area contributed by atoms with Crippen LogP contribution in [0.2, 0.25) is 0 Å². The van der Waals surface area contributed by atoms with Crippen molar-refractivity contribution in [2.45, 2.75) is 49.8 Å². The number of hydrogen-bond donors (Lipinski definition) is 0. The zero-order valence-corrected chi connectivity index (χ0v) is 36.5. The molecule has 55 heavy (non-hydrogen) atoms. The number of carboxylic acids is 3. The van der Waals surface area contributed by atoms with Crippen LogP contribution < -0.4 is 113 Å². The van der Waals surface area contributed by atoms with Gasteiger partial charge in [0.2, 0.25) is 12.7 Å². The van der Waals surface area contributed by atoms with Crippen LogP contribution >= 0.6 is 0 Å². The summed E-state index contributed by atoms with van der Waals surface area (Å²) in [7, 11) is 0. The molecule has 17 heteroatoms. The molecule has 0 bridgehead atoms. The summed E-state index contributed by atoms with van der Waals surface area (Å²) in [6, 6.07) is 24.8. The number of hydrogen-bond acceptors (Lipinski definition) is 13. The van der Waals surface area contributed by atoms with Crippen molar-refractivity contribution in [2.24, 2.45) is 0 Å². The number of ether oxygens (including phenoxy) is 4. The summed E-state index contributed by atoms with van der Waals surface area (Å²) in [4.78, 5) is 56.4. The molecule has 2 aliphatic heterocycles. The standard InChI is InChI=1S/C38H32N2O12.3Na/c1-21(26(25-15-16-29-30(18-25)49-20-48-29)9-6-12-31-39-27-10-4-5-11-28(27)50-31)40(19-22-13-14-23-7-2-3-8-24(23)17-22)34(41)32-33(35(42)43)52-38(51-32,36(44)45)37(46)47;;;/h2-8,10-18,21,26,32-33H,9,19-20H2,1H3,(H,42,43)(H,44,45)(H,46,47);;;/q;3*+1/p-3/b12-6+;;;/t21-,26-,32+,33-;;;/m1.../s1. The third kappa shape index (κ3) is 9.16. The summed E-state index contributed by atoms with van der Waals surface area (Å²) in [5.41, 5.74) is 2.59. The van der Waals surface area contributed by atoms with Crippen LogP contribution in [0.4, 0.5) is 0 Å². The van der Waals surface area contributed by atoms with Crippen molar-refractivity contribution in [1.29, 1.82) is 0 Å². The van der Waals surface area contributed by atoms with Gasteiger partial charge in [-0.2, -0.15) is 0 Å². The average Bonchev–Trinajstić information content (AvgIpc) is 3.89. The smallest absolute Gasteiger partial charge is 0.547 e. The van der Waals surface area contributed by atoms with Gasteiger partial charge in [-0.05, 0) is 71.7 Å². The van der Waals surface area contributed by atoms with Gasteiger partial charge in [0.1, 0.15) is 23.6 Å². The minimum absolute atomic E-state index is 0. The van der Waals surface area contributed by atoms with E-state index in [0.29, 0.717) is 39.6 Å². The topological polar surface area (TPSA) is 204 Å². The molecule has 266 valence electrons. The summed E-state index contributed by atoms with van der Waals surface area (Å²) in [6.45, 7) is 1.60. The Morgan fingerprint density at radius 1 is 0.836 bits per heavy atom. The maximum absolute atomic E-state index is 14.5. The van der Waals surface area contributed by atoms with Gasteiger partial charge < -0.3 is 58.0 Å². The van der Waals surface area contributed by atoms with E-state index in [0.717, 1.165) is 10.8 Å². The first kappa shape index (κ1) is 44.5. The Hall–Kier alpha value is -3.25. The maximum Gasteiger partial charge on any atom is 1.00 e. The summed E-state index contributed by atoms with van der Waals surface area (Å²) in [5, 5.41) is 37.8. The van der Waals surface area contributed by atoms with E-state index in [2.05, 4.69) is 4.98 Å². The molecule has 0 unspecified atom stereocenters. The molecule has 2 aliphatic rings. The maximum atomic E-state index is 14.5. The summed E-state index contributed by atoms with van der Waals surface area (Å²) in [6.07, 6.45) is -0.925. The number of allylic oxidation sites excluding steroid dienone is 1. The van der Waals surface area contributed by atoms with Crippen LogP contribution in [0.3, 0.4) is 0 Å². The van der Waals surface area contributed by atoms with E-state index in [9.17, 15) is 34.5 Å². The fourth-order valence-electron chi connectivity index (χ4n) is 6.51. The van der Waals surface area contributed by atoms with Crippen molar-refractivity contribution in [3.8, 4) is 11.5 Å². The van der Waals surface area contributed by atoms with Gasteiger partial charge in [0.25, 0.3) is 11.7 Å². The summed E-state index contributed by atoms with van der Waals surface area (Å²) in [5.74, 6) is -10.9. The van der Waals surface area contributed by atoms with E-state index in [1.807, 2.05) is 60.7 Å². The quantitative estimate of drug-likeness (QED) is 0.0855. The number of fused-ring (bicyclic) bond motifs is 3. The van der Waals surface area contributed by atoms with Crippen LogP contribution in [0, 0.1) is 0 Å². The molecular weight excluding hydrogens is 745 g/mol. The molecule has 14 nitrogen and oxygen atoms in total. The first-order valence-corrected chi connectivity index (χ1v) is 16.2. The predicted octanol–water partition coefficient (Wildman–Crippen LogP) is -7.94. The van der Waals surface area contributed by atoms with Gasteiger partial charge in [-0.15, -0.1) is 0 Å². The van der Waals surface area contributed by atoms with E-state index in [-0.39, 0.29) is 108 Å². The first-order chi connectivity index (χ1) is 25.0. The fourth-order valence-corrected chi connectivity index (χ4v) is 6.51. The van der Waals surface area contributed by atoms with Crippen molar-refractivity contribution < 1.29 is 147 Å². The molecule has 0 radical (unpaired) electrons. The normalized spacial score (nSPS) is 17.8. The zero-order chi connectivity index (χ0) is 36.6. The van der Waals surface area contributed by atoms with E-state index in [1.54, 1.807) is 43.3 Å². The Morgan fingerprint density at radius 2 is 1.51 bits per heavy atom. The van der Waals surface area contributed by atoms with Crippen molar-refractivity contribution >= 4 is 51.8 Å². The number of carbonyl (C=O) groups is 4. The molecule has 1 amide bonds. The minimum atomic E-state index is -3.68. The number of oxazole rings is 1. The molecule has 7 rings (SSSR count). The number of aliphatic carboxylic acids is 3. The molecule has 4 aromatic carbocycles. The number of rotatable bonds is 12. The molecule has 0 spiro atoms. The molecule has 0 saturated carbocycles. The fraction of sp³-hybridized carbons (Fsp3) is 0.237. The Balaban J connectivity index is 0.00000224. The van der Waals surface area contributed by atoms with Gasteiger partial charge in [0.05, 0.1) is 5.97 Å². The van der Waals surface area contributed by atoms with Crippen LogP contribution in [0.1, 0.15) is 36.3 Å². The number of nitrogens with zero attached hydrogens (tertiary/aromatic N) is 2. The first-order valence-electron chi connectivity index (χ1n) is 16.2. The largest absolute Gasteiger partial charge is 1.00 e. The van der Waals surface area contributed by atoms with Gasteiger partial charge >= 0.3 is 88.7 Å². The van der Waals surface area contributed by atoms with Crippen LogP contribution in [-0.4, -0.2) is 64.5 Å². The van der Waals surface area contributed by atoms with Gasteiger partial charge in [0.15, 0.2) is 23.2 Å². The molecule has 0 N–H and O–H groups in total. The van der Waals surface area contributed by atoms with E-state index in [1.165, 1.54) is 4.90 Å². The molecule has 1 aromatic heterocycles. The third-order valence-electron chi connectivity index (χ3n) is 9.18. The van der Waals surface area contributed by atoms with E-state index in [4.69, 9.17) is 23.4 Å². The van der Waals surface area contributed by atoms with Crippen molar-refractivity contribution in [1.82, 2.24) is 9.88 Å². The molecular formula is C38H29N2Na3O12. The third-order valence-corrected chi connectivity index (χ3v) is 9.18. The van der Waals surface area contributed by atoms with E-state index < -0.39 is 53.8 Å². The summed E-state index contributed by atoms with van der Waals surface area (Å²) >= 11 is 0. The van der Waals surface area contributed by atoms with Crippen LogP contribution in [-0.2, 0) is 35.2 Å². The number of benzene rings is 4. The van der Waals surface area contributed by atoms with Gasteiger partial charge in [-0.1, -0.05) is 60.7 Å². The SMILES string of the molecule is C[C@H]([C@@H](C/C=C/c1nc2ccccc2o1)c1ccc2c(c1)OCO2)N(Cc1ccc2ccccc2c1)C(=O)[C@H]1OC(C(=O)[O-])(C(=O)[O-])O[C@H]1C(=O)[O-].[Na+].[Na+].[Na+]. The van der Waals surface area contributed by atoms with Gasteiger partial charge in [-0.25, -0.2) is 4.98 Å². The molecule has 4 atom stereocenters. The van der Waals surface area contributed by atoms with E-state index >= 15 is 0 Å². The average molecular weight is 775 g/mol. The molecule has 1 fully saturated rings. The van der Waals surface area contributed by atoms with Crippen molar-refractivity contribution in [2.75, 3.05) is 6.79 Å².